The van der Waals surface area contributed by atoms with E-state index < -0.39 is 0 Å². The monoisotopic (exact) mass is 344 g/mol. The summed E-state index contributed by atoms with van der Waals surface area (Å²) in [6.07, 6.45) is 7.54. The molecular formula is C17H24N6O2. The summed E-state index contributed by atoms with van der Waals surface area (Å²) in [4.78, 5) is 13.4. The highest BCUT2D eigenvalue weighted by atomic mass is 16.5. The van der Waals surface area contributed by atoms with Gasteiger partial charge in [-0.1, -0.05) is 0 Å². The average Bonchev–Trinajstić information content (AvgIpc) is 2.92. The van der Waals surface area contributed by atoms with Gasteiger partial charge in [0.05, 0.1) is 32.6 Å². The van der Waals surface area contributed by atoms with Crippen LogP contribution in [0.15, 0.2) is 30.9 Å². The summed E-state index contributed by atoms with van der Waals surface area (Å²) in [6, 6.07) is 1.83. The number of morpholine rings is 1. The molecular weight excluding hydrogens is 320 g/mol. The molecule has 2 aromatic heterocycles. The highest BCUT2D eigenvalue weighted by molar-refractivity contribution is 5.30. The number of rotatable bonds is 3. The number of aromatic nitrogens is 4. The Kier molecular flexibility index (Phi) is 4.65. The van der Waals surface area contributed by atoms with E-state index in [1.807, 2.05) is 24.0 Å². The van der Waals surface area contributed by atoms with Crippen LogP contribution in [0.3, 0.4) is 0 Å². The Morgan fingerprint density at radius 1 is 1.16 bits per heavy atom. The number of hydrogen-bond donors (Lipinski definition) is 0. The first-order valence-electron chi connectivity index (χ1n) is 8.66. The van der Waals surface area contributed by atoms with Crippen LogP contribution in [0.4, 0.5) is 5.95 Å². The molecule has 2 aliphatic rings. The smallest absolute Gasteiger partial charge is 0.225 e. The van der Waals surface area contributed by atoms with Crippen LogP contribution in [0.2, 0.25) is 0 Å². The lowest BCUT2D eigenvalue weighted by Crippen LogP contribution is -2.58. The Morgan fingerprint density at radius 3 is 2.84 bits per heavy atom. The molecule has 8 nitrogen and oxygen atoms in total. The van der Waals surface area contributed by atoms with E-state index in [-0.39, 0.29) is 5.60 Å². The first-order chi connectivity index (χ1) is 12.2. The molecule has 0 bridgehead atoms. The summed E-state index contributed by atoms with van der Waals surface area (Å²) < 4.78 is 13.9. The van der Waals surface area contributed by atoms with E-state index in [0.717, 1.165) is 38.7 Å². The van der Waals surface area contributed by atoms with Crippen LogP contribution in [0.1, 0.15) is 5.56 Å². The third kappa shape index (κ3) is 3.81. The van der Waals surface area contributed by atoms with Crippen molar-refractivity contribution in [3.63, 3.8) is 0 Å². The van der Waals surface area contributed by atoms with Crippen LogP contribution >= 0.6 is 0 Å². The molecule has 2 saturated heterocycles. The van der Waals surface area contributed by atoms with Crippen molar-refractivity contribution in [2.75, 3.05) is 50.9 Å². The van der Waals surface area contributed by atoms with Gasteiger partial charge in [0.1, 0.15) is 5.60 Å². The van der Waals surface area contributed by atoms with Crippen LogP contribution in [0, 0.1) is 0 Å². The van der Waals surface area contributed by atoms with Crippen molar-refractivity contribution >= 4 is 5.95 Å². The summed E-state index contributed by atoms with van der Waals surface area (Å²) in [7, 11) is 1.95. The Labute approximate surface area is 147 Å². The molecule has 0 unspecified atom stereocenters. The third-order valence-electron chi connectivity index (χ3n) is 4.68. The lowest BCUT2D eigenvalue weighted by molar-refractivity contribution is -0.134. The van der Waals surface area contributed by atoms with Crippen LogP contribution in [0.25, 0.3) is 0 Å². The van der Waals surface area contributed by atoms with Gasteiger partial charge in [0, 0.05) is 57.4 Å². The fourth-order valence-corrected chi connectivity index (χ4v) is 3.58. The molecule has 4 heterocycles. The van der Waals surface area contributed by atoms with E-state index in [2.05, 4.69) is 31.1 Å². The normalized spacial score (nSPS) is 25.2. The van der Waals surface area contributed by atoms with Gasteiger partial charge in [-0.15, -0.1) is 0 Å². The second-order valence-electron chi connectivity index (χ2n) is 6.79. The van der Waals surface area contributed by atoms with E-state index in [0.29, 0.717) is 19.8 Å². The average molecular weight is 344 g/mol. The van der Waals surface area contributed by atoms with Gasteiger partial charge in [0.25, 0.3) is 0 Å². The zero-order valence-electron chi connectivity index (χ0n) is 14.5. The molecule has 0 amide bonds. The zero-order chi connectivity index (χ0) is 17.1. The summed E-state index contributed by atoms with van der Waals surface area (Å²) in [5, 5.41) is 4.26. The molecule has 0 saturated carbocycles. The largest absolute Gasteiger partial charge is 0.376 e. The number of aryl methyl sites for hydroxylation is 1. The molecule has 0 radical (unpaired) electrons. The first kappa shape index (κ1) is 16.4. The second-order valence-corrected chi connectivity index (χ2v) is 6.79. The van der Waals surface area contributed by atoms with Crippen LogP contribution in [-0.2, 0) is 23.1 Å². The maximum atomic E-state index is 6.23. The molecule has 2 fully saturated rings. The molecule has 1 atom stereocenters. The van der Waals surface area contributed by atoms with Crippen molar-refractivity contribution < 1.29 is 9.47 Å². The highest BCUT2D eigenvalue weighted by Crippen LogP contribution is 2.25. The fourth-order valence-electron chi connectivity index (χ4n) is 3.58. The van der Waals surface area contributed by atoms with Gasteiger partial charge < -0.3 is 14.4 Å². The summed E-state index contributed by atoms with van der Waals surface area (Å²) in [6.45, 7) is 6.09. The molecule has 25 heavy (non-hydrogen) atoms. The van der Waals surface area contributed by atoms with Crippen molar-refractivity contribution in [3.8, 4) is 0 Å². The Hall–Kier alpha value is -2.03. The van der Waals surface area contributed by atoms with Gasteiger partial charge in [0.2, 0.25) is 5.95 Å². The van der Waals surface area contributed by atoms with E-state index >= 15 is 0 Å². The molecule has 4 rings (SSSR count). The molecule has 0 aromatic carbocycles. The standard InChI is InChI=1S/C17H24N6O2/c1-21-10-15(9-20-21)11-22-5-8-25-17(12-22)13-23(6-7-24-14-17)16-18-3-2-4-19-16/h2-4,9-10H,5-8,11-14H2,1H3/t17-/m0/s1. The predicted molar refractivity (Wildman–Crippen MR) is 92.2 cm³/mol. The molecule has 2 aromatic rings. The van der Waals surface area contributed by atoms with Gasteiger partial charge in [-0.25, -0.2) is 9.97 Å². The topological polar surface area (TPSA) is 68.5 Å². The first-order valence-corrected chi connectivity index (χ1v) is 8.66. The molecule has 1 spiro atoms. The Morgan fingerprint density at radius 2 is 2.04 bits per heavy atom. The van der Waals surface area contributed by atoms with E-state index in [1.54, 1.807) is 12.4 Å². The zero-order valence-corrected chi connectivity index (χ0v) is 14.5. The molecule has 0 aliphatic carbocycles. The minimum atomic E-state index is -0.351. The van der Waals surface area contributed by atoms with Crippen molar-refractivity contribution in [1.29, 1.82) is 0 Å². The van der Waals surface area contributed by atoms with Crippen LogP contribution in [0.5, 0.6) is 0 Å². The van der Waals surface area contributed by atoms with Crippen molar-refractivity contribution in [2.24, 2.45) is 7.05 Å². The summed E-state index contributed by atoms with van der Waals surface area (Å²) in [5.74, 6) is 0.736. The van der Waals surface area contributed by atoms with Crippen LogP contribution < -0.4 is 4.90 Å². The van der Waals surface area contributed by atoms with Crippen molar-refractivity contribution in [3.05, 3.63) is 36.4 Å². The van der Waals surface area contributed by atoms with Crippen molar-refractivity contribution in [2.45, 2.75) is 12.1 Å². The Balaban J connectivity index is 1.48. The van der Waals surface area contributed by atoms with Gasteiger partial charge in [-0.3, -0.25) is 9.58 Å². The summed E-state index contributed by atoms with van der Waals surface area (Å²) in [5.41, 5.74) is 0.869. The molecule has 2 aliphatic heterocycles. The highest BCUT2D eigenvalue weighted by Gasteiger charge is 2.40. The van der Waals surface area contributed by atoms with Gasteiger partial charge in [0.15, 0.2) is 0 Å². The van der Waals surface area contributed by atoms with Gasteiger partial charge in [-0.2, -0.15) is 5.10 Å². The maximum absolute atomic E-state index is 6.23. The molecule has 0 N–H and O–H groups in total. The number of nitrogens with zero attached hydrogens (tertiary/aromatic N) is 6. The minimum absolute atomic E-state index is 0.351. The number of ether oxygens (including phenoxy) is 2. The predicted octanol–water partition coefficient (Wildman–Crippen LogP) is 0.318. The lowest BCUT2D eigenvalue weighted by atomic mass is 10.0. The van der Waals surface area contributed by atoms with E-state index in [4.69, 9.17) is 9.47 Å². The van der Waals surface area contributed by atoms with Crippen molar-refractivity contribution in [1.82, 2.24) is 24.6 Å². The van der Waals surface area contributed by atoms with E-state index in [9.17, 15) is 0 Å². The third-order valence-corrected chi connectivity index (χ3v) is 4.68. The number of hydrogen-bond acceptors (Lipinski definition) is 7. The fraction of sp³-hybridized carbons (Fsp3) is 0.588. The van der Waals surface area contributed by atoms with Gasteiger partial charge >= 0.3 is 0 Å². The number of anilines is 1. The summed E-state index contributed by atoms with van der Waals surface area (Å²) >= 11 is 0. The molecule has 134 valence electrons. The minimum Gasteiger partial charge on any atom is -0.376 e. The maximum Gasteiger partial charge on any atom is 0.225 e. The SMILES string of the molecule is Cn1cc(CN2CCO[C@@]3(COCCN(c4ncccn4)C3)C2)cn1. The lowest BCUT2D eigenvalue weighted by Gasteiger charge is -2.43. The second kappa shape index (κ2) is 7.07. The van der Waals surface area contributed by atoms with E-state index in [1.165, 1.54) is 5.56 Å². The molecule has 8 heteroatoms. The van der Waals surface area contributed by atoms with Crippen LogP contribution in [-0.4, -0.2) is 76.2 Å². The quantitative estimate of drug-likeness (QED) is 0.794. The van der Waals surface area contributed by atoms with Gasteiger partial charge in [-0.05, 0) is 6.07 Å². The Bertz CT molecular complexity index is 693.